The standard InChI is InChI=1S/C12H15NO2S/c1-9-11(16-8-7-15-9)12(14)13-10-5-3-2-4-6-10/h2-6,9,11H,7-8H2,1H3,(H,13,14). The van der Waals surface area contributed by atoms with Gasteiger partial charge < -0.3 is 10.1 Å². The minimum absolute atomic E-state index is 0.0116. The molecule has 1 aliphatic rings. The lowest BCUT2D eigenvalue weighted by Gasteiger charge is -2.27. The first-order valence-corrected chi connectivity index (χ1v) is 6.41. The molecule has 4 heteroatoms. The summed E-state index contributed by atoms with van der Waals surface area (Å²) in [5.41, 5.74) is 0.839. The van der Waals surface area contributed by atoms with Gasteiger partial charge in [-0.2, -0.15) is 0 Å². The molecule has 3 nitrogen and oxygen atoms in total. The number of hydrogen-bond donors (Lipinski definition) is 1. The van der Waals surface area contributed by atoms with Crippen LogP contribution in [0.15, 0.2) is 30.3 Å². The summed E-state index contributed by atoms with van der Waals surface area (Å²) in [6, 6.07) is 9.51. The summed E-state index contributed by atoms with van der Waals surface area (Å²) >= 11 is 1.66. The van der Waals surface area contributed by atoms with E-state index in [1.807, 2.05) is 37.3 Å². The van der Waals surface area contributed by atoms with Gasteiger partial charge in [-0.15, -0.1) is 11.8 Å². The van der Waals surface area contributed by atoms with Crippen LogP contribution in [0.1, 0.15) is 6.92 Å². The topological polar surface area (TPSA) is 38.3 Å². The molecule has 1 saturated heterocycles. The van der Waals surface area contributed by atoms with Crippen molar-refractivity contribution in [3.05, 3.63) is 30.3 Å². The van der Waals surface area contributed by atoms with Gasteiger partial charge in [-0.05, 0) is 19.1 Å². The van der Waals surface area contributed by atoms with Gasteiger partial charge in [0, 0.05) is 11.4 Å². The van der Waals surface area contributed by atoms with Crippen molar-refractivity contribution < 1.29 is 9.53 Å². The van der Waals surface area contributed by atoms with Crippen molar-refractivity contribution in [1.29, 1.82) is 0 Å². The van der Waals surface area contributed by atoms with Gasteiger partial charge in [0.25, 0.3) is 0 Å². The maximum Gasteiger partial charge on any atom is 0.240 e. The third kappa shape index (κ3) is 2.77. The predicted molar refractivity (Wildman–Crippen MR) is 66.7 cm³/mol. The van der Waals surface area contributed by atoms with Crippen LogP contribution in [-0.2, 0) is 9.53 Å². The number of hydrogen-bond acceptors (Lipinski definition) is 3. The molecular formula is C12H15NO2S. The van der Waals surface area contributed by atoms with Crippen LogP contribution in [-0.4, -0.2) is 29.6 Å². The zero-order chi connectivity index (χ0) is 11.4. The van der Waals surface area contributed by atoms with E-state index in [4.69, 9.17) is 4.74 Å². The summed E-state index contributed by atoms with van der Waals surface area (Å²) in [5, 5.41) is 2.80. The maximum atomic E-state index is 12.0. The van der Waals surface area contributed by atoms with Crippen LogP contribution >= 0.6 is 11.8 Å². The number of rotatable bonds is 2. The zero-order valence-corrected chi connectivity index (χ0v) is 10.00. The second-order valence-electron chi connectivity index (χ2n) is 3.72. The van der Waals surface area contributed by atoms with Gasteiger partial charge in [0.1, 0.15) is 5.25 Å². The molecule has 1 N–H and O–H groups in total. The molecule has 1 amide bonds. The summed E-state index contributed by atoms with van der Waals surface area (Å²) in [7, 11) is 0. The van der Waals surface area contributed by atoms with Crippen LogP contribution in [0.25, 0.3) is 0 Å². The normalized spacial score (nSPS) is 25.1. The SMILES string of the molecule is CC1OCCSC1C(=O)Nc1ccccc1. The monoisotopic (exact) mass is 237 g/mol. The largest absolute Gasteiger partial charge is 0.376 e. The number of thioether (sulfide) groups is 1. The van der Waals surface area contributed by atoms with E-state index < -0.39 is 0 Å². The highest BCUT2D eigenvalue weighted by molar-refractivity contribution is 8.00. The predicted octanol–water partition coefficient (Wildman–Crippen LogP) is 2.15. The molecule has 1 aromatic rings. The Hall–Kier alpha value is -1.00. The second-order valence-corrected chi connectivity index (χ2v) is 4.97. The van der Waals surface area contributed by atoms with E-state index in [1.165, 1.54) is 0 Å². The van der Waals surface area contributed by atoms with E-state index in [0.717, 1.165) is 18.0 Å². The van der Waals surface area contributed by atoms with Gasteiger partial charge in [0.05, 0.1) is 12.7 Å². The van der Waals surface area contributed by atoms with Crippen LogP contribution < -0.4 is 5.32 Å². The lowest BCUT2D eigenvalue weighted by molar-refractivity contribution is -0.118. The number of ether oxygens (including phenoxy) is 1. The van der Waals surface area contributed by atoms with Crippen molar-refractivity contribution in [2.45, 2.75) is 18.3 Å². The minimum Gasteiger partial charge on any atom is -0.376 e. The molecular weight excluding hydrogens is 222 g/mol. The van der Waals surface area contributed by atoms with Crippen LogP contribution in [0.4, 0.5) is 5.69 Å². The van der Waals surface area contributed by atoms with Gasteiger partial charge in [-0.1, -0.05) is 18.2 Å². The van der Waals surface area contributed by atoms with E-state index >= 15 is 0 Å². The molecule has 86 valence electrons. The van der Waals surface area contributed by atoms with Crippen molar-refractivity contribution in [1.82, 2.24) is 0 Å². The molecule has 2 unspecified atom stereocenters. The van der Waals surface area contributed by atoms with Crippen LogP contribution in [0, 0.1) is 0 Å². The number of amides is 1. The van der Waals surface area contributed by atoms with Gasteiger partial charge in [0.15, 0.2) is 0 Å². The number of carbonyl (C=O) groups excluding carboxylic acids is 1. The van der Waals surface area contributed by atoms with Crippen LogP contribution in [0.3, 0.4) is 0 Å². The lowest BCUT2D eigenvalue weighted by Crippen LogP contribution is -2.39. The Bertz CT molecular complexity index is 355. The van der Waals surface area contributed by atoms with E-state index in [-0.39, 0.29) is 17.3 Å². The summed E-state index contributed by atoms with van der Waals surface area (Å²) in [4.78, 5) is 12.0. The first-order chi connectivity index (χ1) is 7.77. The van der Waals surface area contributed by atoms with Crippen molar-refractivity contribution in [3.63, 3.8) is 0 Å². The Balaban J connectivity index is 1.97. The van der Waals surface area contributed by atoms with E-state index in [2.05, 4.69) is 5.32 Å². The fourth-order valence-corrected chi connectivity index (χ4v) is 2.66. The molecule has 0 saturated carbocycles. The number of anilines is 1. The molecule has 16 heavy (non-hydrogen) atoms. The molecule has 1 aliphatic heterocycles. The second kappa shape index (κ2) is 5.37. The number of para-hydroxylation sites is 1. The summed E-state index contributed by atoms with van der Waals surface area (Å²) in [5.74, 6) is 0.917. The number of benzene rings is 1. The fourth-order valence-electron chi connectivity index (χ4n) is 1.66. The third-order valence-corrected chi connectivity index (χ3v) is 3.85. The van der Waals surface area contributed by atoms with E-state index in [9.17, 15) is 4.79 Å². The Morgan fingerprint density at radius 3 is 2.88 bits per heavy atom. The Kier molecular flexibility index (Phi) is 3.85. The molecule has 0 aromatic heterocycles. The van der Waals surface area contributed by atoms with Gasteiger partial charge in [-0.25, -0.2) is 0 Å². The Morgan fingerprint density at radius 2 is 2.19 bits per heavy atom. The Morgan fingerprint density at radius 1 is 1.44 bits per heavy atom. The first kappa shape index (κ1) is 11.5. The summed E-state index contributed by atoms with van der Waals surface area (Å²) in [6.07, 6.45) is -0.0116. The molecule has 1 aromatic carbocycles. The van der Waals surface area contributed by atoms with Gasteiger partial charge in [0.2, 0.25) is 5.91 Å². The molecule has 2 rings (SSSR count). The van der Waals surface area contributed by atoms with E-state index in [0.29, 0.717) is 0 Å². The fraction of sp³-hybridized carbons (Fsp3) is 0.417. The van der Waals surface area contributed by atoms with Crippen molar-refractivity contribution in [2.75, 3.05) is 17.7 Å². The summed E-state index contributed by atoms with van der Waals surface area (Å²) in [6.45, 7) is 2.68. The lowest BCUT2D eigenvalue weighted by atomic mass is 10.2. The van der Waals surface area contributed by atoms with Gasteiger partial charge in [-0.3, -0.25) is 4.79 Å². The maximum absolute atomic E-state index is 12.0. The van der Waals surface area contributed by atoms with Crippen LogP contribution in [0.2, 0.25) is 0 Å². The van der Waals surface area contributed by atoms with Crippen molar-refractivity contribution in [2.24, 2.45) is 0 Å². The highest BCUT2D eigenvalue weighted by atomic mass is 32.2. The van der Waals surface area contributed by atoms with Crippen LogP contribution in [0.5, 0.6) is 0 Å². The van der Waals surface area contributed by atoms with Gasteiger partial charge >= 0.3 is 0 Å². The molecule has 0 radical (unpaired) electrons. The number of nitrogens with one attached hydrogen (secondary N) is 1. The minimum atomic E-state index is -0.103. The van der Waals surface area contributed by atoms with E-state index in [1.54, 1.807) is 11.8 Å². The van der Waals surface area contributed by atoms with Crippen molar-refractivity contribution in [3.8, 4) is 0 Å². The number of carbonyl (C=O) groups is 1. The summed E-state index contributed by atoms with van der Waals surface area (Å²) < 4.78 is 5.47. The third-order valence-electron chi connectivity index (χ3n) is 2.49. The zero-order valence-electron chi connectivity index (χ0n) is 9.18. The average molecular weight is 237 g/mol. The molecule has 0 spiro atoms. The molecule has 0 aliphatic carbocycles. The van der Waals surface area contributed by atoms with Crippen molar-refractivity contribution >= 4 is 23.4 Å². The first-order valence-electron chi connectivity index (χ1n) is 5.36. The molecule has 1 fully saturated rings. The molecule has 0 bridgehead atoms. The molecule has 1 heterocycles. The highest BCUT2D eigenvalue weighted by Gasteiger charge is 2.29. The highest BCUT2D eigenvalue weighted by Crippen LogP contribution is 2.23. The quantitative estimate of drug-likeness (QED) is 0.856. The molecule has 2 atom stereocenters. The average Bonchev–Trinajstić information content (AvgIpc) is 2.31. The Labute approximate surface area is 99.6 Å². The smallest absolute Gasteiger partial charge is 0.240 e.